The van der Waals surface area contributed by atoms with E-state index < -0.39 is 12.0 Å². The van der Waals surface area contributed by atoms with E-state index in [1.165, 1.54) is 29.2 Å². The summed E-state index contributed by atoms with van der Waals surface area (Å²) in [6.45, 7) is 5.09. The molecule has 0 unspecified atom stereocenters. The maximum Gasteiger partial charge on any atom is 0.337 e. The fourth-order valence-corrected chi connectivity index (χ4v) is 6.35. The highest BCUT2D eigenvalue weighted by molar-refractivity contribution is 9.10. The molecule has 43 heavy (non-hydrogen) atoms. The van der Waals surface area contributed by atoms with Crippen molar-refractivity contribution in [3.63, 3.8) is 0 Å². The Hall–Kier alpha value is -3.67. The Labute approximate surface area is 269 Å². The van der Waals surface area contributed by atoms with E-state index in [-0.39, 0.29) is 11.1 Å². The molecule has 222 valence electrons. The molecule has 0 saturated heterocycles. The van der Waals surface area contributed by atoms with E-state index in [1.54, 1.807) is 18.2 Å². The van der Waals surface area contributed by atoms with Crippen LogP contribution in [0.1, 0.15) is 36.6 Å². The third-order valence-electron chi connectivity index (χ3n) is 6.57. The molecule has 0 radical (unpaired) electrons. The van der Waals surface area contributed by atoms with Crippen molar-refractivity contribution in [1.82, 2.24) is 4.57 Å². The van der Waals surface area contributed by atoms with Gasteiger partial charge in [0.1, 0.15) is 12.4 Å². The number of carbonyl (C=O) groups is 1. The van der Waals surface area contributed by atoms with Gasteiger partial charge < -0.3 is 18.9 Å². The maximum absolute atomic E-state index is 13.9. The third-order valence-corrected chi connectivity index (χ3v) is 8.71. The lowest BCUT2D eigenvalue weighted by Crippen LogP contribution is -2.39. The number of hydrogen-bond acceptors (Lipinski definition) is 8. The lowest BCUT2D eigenvalue weighted by molar-refractivity contribution is -0.136. The number of hydrogen-bond donors (Lipinski definition) is 0. The number of thiazole rings is 1. The van der Waals surface area contributed by atoms with Gasteiger partial charge >= 0.3 is 5.97 Å². The van der Waals surface area contributed by atoms with E-state index >= 15 is 0 Å². The van der Waals surface area contributed by atoms with Gasteiger partial charge in [0.05, 0.1) is 40.9 Å². The highest BCUT2D eigenvalue weighted by Gasteiger charge is 2.31. The maximum atomic E-state index is 13.9. The summed E-state index contributed by atoms with van der Waals surface area (Å²) in [5.74, 6) is 1.22. The highest BCUT2D eigenvalue weighted by Crippen LogP contribution is 2.35. The molecule has 1 aliphatic heterocycles. The number of halogens is 2. The summed E-state index contributed by atoms with van der Waals surface area (Å²) in [7, 11) is 1.30. The Balaban J connectivity index is 1.51. The van der Waals surface area contributed by atoms with Crippen molar-refractivity contribution < 1.29 is 23.7 Å². The van der Waals surface area contributed by atoms with Gasteiger partial charge in [0.2, 0.25) is 0 Å². The van der Waals surface area contributed by atoms with E-state index in [9.17, 15) is 9.59 Å². The summed E-state index contributed by atoms with van der Waals surface area (Å²) in [5.41, 5.74) is 2.48. The first-order valence-corrected chi connectivity index (χ1v) is 15.9. The van der Waals surface area contributed by atoms with Crippen LogP contribution < -0.4 is 29.1 Å². The average Bonchev–Trinajstić information content (AvgIpc) is 3.32. The van der Waals surface area contributed by atoms with Crippen molar-refractivity contribution in [1.29, 1.82) is 0 Å². The topological polar surface area (TPSA) is 88.4 Å². The Bertz CT molecular complexity index is 1860. The van der Waals surface area contributed by atoms with Crippen LogP contribution in [0.4, 0.5) is 0 Å². The zero-order chi connectivity index (χ0) is 30.5. The molecule has 2 heterocycles. The van der Waals surface area contributed by atoms with Crippen molar-refractivity contribution in [2.24, 2.45) is 4.99 Å². The Morgan fingerprint density at radius 3 is 2.37 bits per heavy atom. The molecule has 0 fully saturated rings. The van der Waals surface area contributed by atoms with Crippen molar-refractivity contribution in [2.75, 3.05) is 20.3 Å². The predicted molar refractivity (Wildman–Crippen MR) is 173 cm³/mol. The minimum atomic E-state index is -0.762. The number of benzene rings is 3. The van der Waals surface area contributed by atoms with E-state index in [1.807, 2.05) is 62.4 Å². The predicted octanol–water partition coefficient (Wildman–Crippen LogP) is 5.92. The van der Waals surface area contributed by atoms with E-state index in [2.05, 4.69) is 36.9 Å². The normalized spacial score (nSPS) is 14.4. The molecule has 0 spiro atoms. The fraction of sp³-hybridized carbons (Fsp3) is 0.219. The molecule has 0 amide bonds. The summed E-state index contributed by atoms with van der Waals surface area (Å²) in [4.78, 5) is 31.6. The van der Waals surface area contributed by atoms with Gasteiger partial charge in [-0.15, -0.1) is 0 Å². The largest absolute Gasteiger partial charge is 0.490 e. The van der Waals surface area contributed by atoms with Crippen LogP contribution in [-0.4, -0.2) is 30.9 Å². The van der Waals surface area contributed by atoms with Crippen LogP contribution in [0.5, 0.6) is 17.2 Å². The first-order valence-electron chi connectivity index (χ1n) is 13.5. The zero-order valence-corrected chi connectivity index (χ0v) is 27.6. The molecule has 4 aromatic rings. The second-order valence-electron chi connectivity index (χ2n) is 9.35. The van der Waals surface area contributed by atoms with Gasteiger partial charge in [0, 0.05) is 10.7 Å². The van der Waals surface area contributed by atoms with Gasteiger partial charge in [0.15, 0.2) is 16.3 Å². The Morgan fingerprint density at radius 2 is 1.67 bits per heavy atom. The molecular weight excluding hydrogens is 700 g/mol. The number of rotatable bonds is 10. The van der Waals surface area contributed by atoms with Gasteiger partial charge in [-0.3, -0.25) is 9.36 Å². The molecule has 0 aliphatic carbocycles. The molecule has 1 atom stereocenters. The lowest BCUT2D eigenvalue weighted by atomic mass is 9.97. The molecule has 5 rings (SSSR count). The first-order chi connectivity index (χ1) is 20.8. The average molecular weight is 728 g/mol. The summed E-state index contributed by atoms with van der Waals surface area (Å²) in [5, 5.41) is 0. The number of esters is 1. The third kappa shape index (κ3) is 6.79. The van der Waals surface area contributed by atoms with Crippen LogP contribution in [0.3, 0.4) is 0 Å². The fourth-order valence-electron chi connectivity index (χ4n) is 4.60. The number of methoxy groups -OCH3 is 1. The first kappa shape index (κ1) is 30.8. The van der Waals surface area contributed by atoms with E-state index in [4.69, 9.17) is 18.9 Å². The molecule has 0 N–H and O–H groups in total. The summed E-state index contributed by atoms with van der Waals surface area (Å²) in [6, 6.07) is 18.2. The molecule has 1 aromatic heterocycles. The zero-order valence-electron chi connectivity index (χ0n) is 23.6. The second kappa shape index (κ2) is 13.7. The van der Waals surface area contributed by atoms with Gasteiger partial charge in [-0.2, -0.15) is 0 Å². The SMILES string of the molecule is CCOc1ccc([C@H]2C(C(=O)OC)=CN=c3s/c(=C\c4ccc(OCc5ccc(Br)cc5)c(Br)c4)c(=O)n32)cc1OCC. The quantitative estimate of drug-likeness (QED) is 0.189. The molecule has 0 saturated carbocycles. The Kier molecular flexibility index (Phi) is 9.84. The minimum absolute atomic E-state index is 0.239. The second-order valence-corrected chi connectivity index (χ2v) is 12.1. The number of fused-ring (bicyclic) bond motifs is 1. The van der Waals surface area contributed by atoms with Gasteiger partial charge in [0.25, 0.3) is 5.56 Å². The standard InChI is InChI=1S/C32H28Br2N2O6S/c1-4-40-26-13-9-21(16-27(26)41-5-2)29-23(31(38)39-3)17-35-32-36(29)30(37)28(43-32)15-20-8-12-25(24(34)14-20)42-18-19-6-10-22(33)11-7-19/h6-17,29H,4-5,18H2,1-3H3/b28-15-/t29-/m0/s1. The minimum Gasteiger partial charge on any atom is -0.490 e. The van der Waals surface area contributed by atoms with Crippen molar-refractivity contribution in [3.05, 3.63) is 118 Å². The van der Waals surface area contributed by atoms with Crippen LogP contribution in [0.2, 0.25) is 0 Å². The number of aromatic nitrogens is 1. The highest BCUT2D eigenvalue weighted by atomic mass is 79.9. The smallest absolute Gasteiger partial charge is 0.337 e. The molecule has 3 aromatic carbocycles. The number of nitrogens with zero attached hydrogens (tertiary/aromatic N) is 2. The van der Waals surface area contributed by atoms with Crippen molar-refractivity contribution >= 4 is 55.2 Å². The summed E-state index contributed by atoms with van der Waals surface area (Å²) in [6.07, 6.45) is 3.27. The molecule has 0 bridgehead atoms. The van der Waals surface area contributed by atoms with Crippen LogP contribution in [0, 0.1) is 0 Å². The summed E-state index contributed by atoms with van der Waals surface area (Å²) < 4.78 is 26.3. The van der Waals surface area contributed by atoms with Crippen LogP contribution in [0.25, 0.3) is 6.08 Å². The van der Waals surface area contributed by atoms with Crippen molar-refractivity contribution in [2.45, 2.75) is 26.5 Å². The van der Waals surface area contributed by atoms with E-state index in [0.717, 1.165) is 20.1 Å². The van der Waals surface area contributed by atoms with Crippen LogP contribution in [-0.2, 0) is 16.1 Å². The molecule has 8 nitrogen and oxygen atoms in total. The Morgan fingerprint density at radius 1 is 0.953 bits per heavy atom. The van der Waals surface area contributed by atoms with E-state index in [0.29, 0.717) is 52.0 Å². The number of carbonyl (C=O) groups excluding carboxylic acids is 1. The molecule has 11 heteroatoms. The van der Waals surface area contributed by atoms with Gasteiger partial charge in [-0.25, -0.2) is 9.79 Å². The van der Waals surface area contributed by atoms with Crippen molar-refractivity contribution in [3.8, 4) is 17.2 Å². The van der Waals surface area contributed by atoms with Crippen LogP contribution >= 0.6 is 43.2 Å². The monoisotopic (exact) mass is 726 g/mol. The molecular formula is C32H28Br2N2O6S. The van der Waals surface area contributed by atoms with Gasteiger partial charge in [-0.05, 0) is 88.9 Å². The summed E-state index contributed by atoms with van der Waals surface area (Å²) >= 11 is 8.28. The molecule has 1 aliphatic rings. The number of ether oxygens (including phenoxy) is 4. The van der Waals surface area contributed by atoms with Crippen LogP contribution in [0.15, 0.2) is 91.2 Å². The van der Waals surface area contributed by atoms with Gasteiger partial charge in [-0.1, -0.05) is 51.5 Å². The lowest BCUT2D eigenvalue weighted by Gasteiger charge is -2.23.